The van der Waals surface area contributed by atoms with Crippen LogP contribution in [0.25, 0.3) is 0 Å². The number of fused-ring (bicyclic) bond motifs is 1. The van der Waals surface area contributed by atoms with Crippen molar-refractivity contribution < 1.29 is 13.2 Å². The lowest BCUT2D eigenvalue weighted by Gasteiger charge is -2.35. The van der Waals surface area contributed by atoms with E-state index in [0.29, 0.717) is 12.1 Å². The normalized spacial score (nSPS) is 16.9. The Hall–Kier alpha value is -3.07. The van der Waals surface area contributed by atoms with Gasteiger partial charge in [0.05, 0.1) is 24.6 Å². The highest BCUT2D eigenvalue weighted by Gasteiger charge is 2.34. The van der Waals surface area contributed by atoms with Crippen molar-refractivity contribution in [1.82, 2.24) is 14.1 Å². The minimum atomic E-state index is -3.86. The van der Waals surface area contributed by atoms with Crippen molar-refractivity contribution in [2.75, 3.05) is 10.8 Å². The molecule has 0 spiro atoms. The maximum atomic E-state index is 13.4. The van der Waals surface area contributed by atoms with Gasteiger partial charge in [0, 0.05) is 25.6 Å². The smallest absolute Gasteiger partial charge is 0.265 e. The number of amides is 1. The monoisotopic (exact) mass is 385 g/mol. The number of para-hydroxylation sites is 1. The number of anilines is 1. The molecule has 1 atom stereocenters. The van der Waals surface area contributed by atoms with E-state index < -0.39 is 15.9 Å². The van der Waals surface area contributed by atoms with E-state index in [4.69, 9.17) is 5.73 Å². The Balaban J connectivity index is 1.81. The summed E-state index contributed by atoms with van der Waals surface area (Å²) in [7, 11) is -2.27. The summed E-state index contributed by atoms with van der Waals surface area (Å²) in [6, 6.07) is 8.69. The lowest BCUT2D eigenvalue weighted by atomic mass is 10.00. The Morgan fingerprint density at radius 3 is 2.74 bits per heavy atom. The summed E-state index contributed by atoms with van der Waals surface area (Å²) < 4.78 is 31.5. The Morgan fingerprint density at radius 1 is 1.30 bits per heavy atom. The summed E-state index contributed by atoms with van der Waals surface area (Å²) >= 11 is 0. The van der Waals surface area contributed by atoms with Gasteiger partial charge >= 0.3 is 0 Å². The van der Waals surface area contributed by atoms with Gasteiger partial charge in [-0.05, 0) is 24.1 Å². The lowest BCUT2D eigenvalue weighted by Crippen LogP contribution is -2.40. The molecule has 1 amide bonds. The summed E-state index contributed by atoms with van der Waals surface area (Å²) in [4.78, 5) is 15.6. The molecule has 0 saturated heterocycles. The number of aryl methyl sites for hydroxylation is 1. The van der Waals surface area contributed by atoms with E-state index in [0.717, 1.165) is 5.56 Å². The van der Waals surface area contributed by atoms with Crippen LogP contribution in [0.1, 0.15) is 22.1 Å². The molecule has 1 aliphatic rings. The molecule has 1 unspecified atom stereocenters. The largest absolute Gasteiger partial charge is 0.364 e. The second kappa shape index (κ2) is 6.27. The molecule has 0 fully saturated rings. The fourth-order valence-electron chi connectivity index (χ4n) is 3.50. The van der Waals surface area contributed by atoms with Gasteiger partial charge in [0.1, 0.15) is 10.6 Å². The number of nitrogens with zero attached hydrogens (tertiary/aromatic N) is 4. The SMILES string of the molecule is Cn1cc(S(=O)(=O)N2CC(n3ccnc3)Cc3ccccc32)cc1C(N)=O. The van der Waals surface area contributed by atoms with Crippen molar-refractivity contribution in [2.45, 2.75) is 17.4 Å². The highest BCUT2D eigenvalue weighted by atomic mass is 32.2. The van der Waals surface area contributed by atoms with Crippen LogP contribution in [0.4, 0.5) is 5.69 Å². The van der Waals surface area contributed by atoms with Crippen LogP contribution in [0.2, 0.25) is 0 Å². The van der Waals surface area contributed by atoms with E-state index in [-0.39, 0.29) is 23.2 Å². The highest BCUT2D eigenvalue weighted by Crippen LogP contribution is 2.35. The summed E-state index contributed by atoms with van der Waals surface area (Å²) in [5, 5.41) is 0. The van der Waals surface area contributed by atoms with Gasteiger partial charge in [-0.15, -0.1) is 0 Å². The summed E-state index contributed by atoms with van der Waals surface area (Å²) in [6.45, 7) is 0.274. The number of sulfonamides is 1. The van der Waals surface area contributed by atoms with Crippen LogP contribution in [-0.2, 0) is 23.5 Å². The topological polar surface area (TPSA) is 103 Å². The minimum absolute atomic E-state index is 0.0416. The molecule has 0 bridgehead atoms. The average molecular weight is 385 g/mol. The van der Waals surface area contributed by atoms with E-state index >= 15 is 0 Å². The summed E-state index contributed by atoms with van der Waals surface area (Å²) in [6.07, 6.45) is 7.32. The molecular weight excluding hydrogens is 366 g/mol. The number of aromatic nitrogens is 3. The predicted molar refractivity (Wildman–Crippen MR) is 99.9 cm³/mol. The first kappa shape index (κ1) is 17.3. The van der Waals surface area contributed by atoms with E-state index in [1.807, 2.05) is 29.0 Å². The maximum Gasteiger partial charge on any atom is 0.265 e. The summed E-state index contributed by atoms with van der Waals surface area (Å²) in [5.74, 6) is -0.672. The Labute approximate surface area is 156 Å². The van der Waals surface area contributed by atoms with Crippen LogP contribution in [0.3, 0.4) is 0 Å². The predicted octanol–water partition coefficient (Wildman–Crippen LogP) is 1.31. The average Bonchev–Trinajstić information content (AvgIpc) is 3.30. The van der Waals surface area contributed by atoms with Crippen LogP contribution in [0, 0.1) is 0 Å². The third kappa shape index (κ3) is 2.89. The molecule has 2 aromatic heterocycles. The highest BCUT2D eigenvalue weighted by molar-refractivity contribution is 7.92. The van der Waals surface area contributed by atoms with Gasteiger partial charge in [0.2, 0.25) is 0 Å². The van der Waals surface area contributed by atoms with Crippen LogP contribution in [0.15, 0.2) is 60.1 Å². The quantitative estimate of drug-likeness (QED) is 0.731. The van der Waals surface area contributed by atoms with E-state index in [1.165, 1.54) is 21.1 Å². The first-order valence-corrected chi connectivity index (χ1v) is 9.86. The third-order valence-electron chi connectivity index (χ3n) is 4.86. The van der Waals surface area contributed by atoms with Crippen molar-refractivity contribution in [2.24, 2.45) is 12.8 Å². The molecule has 140 valence electrons. The molecule has 0 radical (unpaired) electrons. The molecule has 3 aromatic rings. The molecule has 3 heterocycles. The molecule has 8 nitrogen and oxygen atoms in total. The first-order valence-electron chi connectivity index (χ1n) is 8.42. The first-order chi connectivity index (χ1) is 12.9. The van der Waals surface area contributed by atoms with Crippen LogP contribution >= 0.6 is 0 Å². The number of carbonyl (C=O) groups excluding carboxylic acids is 1. The molecular formula is C18H19N5O3S. The van der Waals surface area contributed by atoms with Gasteiger partial charge in [-0.3, -0.25) is 9.10 Å². The van der Waals surface area contributed by atoms with Crippen molar-refractivity contribution in [3.05, 3.63) is 66.5 Å². The second-order valence-electron chi connectivity index (χ2n) is 6.57. The van der Waals surface area contributed by atoms with E-state index in [2.05, 4.69) is 4.98 Å². The minimum Gasteiger partial charge on any atom is -0.364 e. The number of rotatable bonds is 4. The molecule has 2 N–H and O–H groups in total. The van der Waals surface area contributed by atoms with E-state index in [1.54, 1.807) is 25.6 Å². The Morgan fingerprint density at radius 2 is 2.07 bits per heavy atom. The maximum absolute atomic E-state index is 13.4. The van der Waals surface area contributed by atoms with Crippen molar-refractivity contribution in [3.8, 4) is 0 Å². The van der Waals surface area contributed by atoms with E-state index in [9.17, 15) is 13.2 Å². The zero-order valence-corrected chi connectivity index (χ0v) is 15.5. The lowest BCUT2D eigenvalue weighted by molar-refractivity contribution is 0.0992. The number of benzene rings is 1. The van der Waals surface area contributed by atoms with Crippen molar-refractivity contribution in [3.63, 3.8) is 0 Å². The fraction of sp³-hybridized carbons (Fsp3) is 0.222. The number of imidazole rings is 1. The zero-order valence-electron chi connectivity index (χ0n) is 14.7. The summed E-state index contributed by atoms with van der Waals surface area (Å²) in [5.41, 5.74) is 7.07. The van der Waals surface area contributed by atoms with Crippen molar-refractivity contribution >= 4 is 21.6 Å². The van der Waals surface area contributed by atoms with Gasteiger partial charge in [-0.1, -0.05) is 18.2 Å². The molecule has 27 heavy (non-hydrogen) atoms. The van der Waals surface area contributed by atoms with Crippen molar-refractivity contribution in [1.29, 1.82) is 0 Å². The van der Waals surface area contributed by atoms with Gasteiger partial charge in [0.25, 0.3) is 15.9 Å². The number of carbonyl (C=O) groups is 1. The molecule has 0 aliphatic carbocycles. The number of hydrogen-bond acceptors (Lipinski definition) is 4. The Bertz CT molecular complexity index is 1100. The van der Waals surface area contributed by atoms with Gasteiger partial charge in [0.15, 0.2) is 0 Å². The molecule has 0 saturated carbocycles. The van der Waals surface area contributed by atoms with Gasteiger partial charge < -0.3 is 14.9 Å². The second-order valence-corrected chi connectivity index (χ2v) is 8.43. The fourth-order valence-corrected chi connectivity index (χ4v) is 5.11. The molecule has 1 aliphatic heterocycles. The van der Waals surface area contributed by atoms with Crippen LogP contribution < -0.4 is 10.0 Å². The number of hydrogen-bond donors (Lipinski definition) is 1. The van der Waals surface area contributed by atoms with Crippen LogP contribution in [0.5, 0.6) is 0 Å². The molecule has 9 heteroatoms. The third-order valence-corrected chi connectivity index (χ3v) is 6.60. The number of nitrogens with two attached hydrogens (primary N) is 1. The molecule has 1 aromatic carbocycles. The number of primary amides is 1. The van der Waals surface area contributed by atoms with Crippen LogP contribution in [-0.4, -0.2) is 35.0 Å². The molecule has 4 rings (SSSR count). The van der Waals surface area contributed by atoms with Gasteiger partial charge in [-0.25, -0.2) is 13.4 Å². The standard InChI is InChI=1S/C18H19N5O3S/c1-21-11-15(9-17(21)18(19)24)27(25,26)23-10-14(22-7-6-20-12-22)8-13-4-2-3-5-16(13)23/h2-7,9,11-12,14H,8,10H2,1H3,(H2,19,24). The Kier molecular flexibility index (Phi) is 4.03. The zero-order chi connectivity index (χ0) is 19.2. The van der Waals surface area contributed by atoms with Gasteiger partial charge in [-0.2, -0.15) is 0 Å².